The topological polar surface area (TPSA) is 26.3 Å². The van der Waals surface area contributed by atoms with Crippen molar-refractivity contribution >= 4 is 29.0 Å². The third-order valence-electron chi connectivity index (χ3n) is 4.71. The Hall–Kier alpha value is -1.51. The third kappa shape index (κ3) is 3.18. The molecule has 2 aromatic rings. The van der Waals surface area contributed by atoms with Crippen LogP contribution in [0.3, 0.4) is 0 Å². The number of ether oxygens (including phenoxy) is 1. The maximum absolute atomic E-state index is 12.4. The highest BCUT2D eigenvalue weighted by molar-refractivity contribution is 6.35. The summed E-state index contributed by atoms with van der Waals surface area (Å²) in [6.07, 6.45) is 2.79. The highest BCUT2D eigenvalue weighted by atomic mass is 35.5. The van der Waals surface area contributed by atoms with Crippen molar-refractivity contribution in [3.63, 3.8) is 0 Å². The second-order valence-corrected chi connectivity index (χ2v) is 7.07. The van der Waals surface area contributed by atoms with E-state index < -0.39 is 0 Å². The Kier molecular flexibility index (Phi) is 5.17. The van der Waals surface area contributed by atoms with Gasteiger partial charge in [0.1, 0.15) is 12.4 Å². The molecule has 2 nitrogen and oxygen atoms in total. The molecule has 4 heteroatoms. The Morgan fingerprint density at radius 1 is 1.17 bits per heavy atom. The van der Waals surface area contributed by atoms with Crippen LogP contribution in [0.1, 0.15) is 46.8 Å². The van der Waals surface area contributed by atoms with Gasteiger partial charge in [0.15, 0.2) is 5.78 Å². The van der Waals surface area contributed by atoms with E-state index in [9.17, 15) is 4.79 Å². The van der Waals surface area contributed by atoms with Crippen molar-refractivity contribution in [1.82, 2.24) is 0 Å². The van der Waals surface area contributed by atoms with E-state index in [2.05, 4.69) is 6.92 Å². The van der Waals surface area contributed by atoms with Crippen molar-refractivity contribution < 1.29 is 9.53 Å². The third-order valence-corrected chi connectivity index (χ3v) is 5.41. The molecule has 0 aliphatic heterocycles. The molecule has 2 aromatic carbocycles. The summed E-state index contributed by atoms with van der Waals surface area (Å²) < 4.78 is 5.96. The largest absolute Gasteiger partial charge is 0.489 e. The predicted molar refractivity (Wildman–Crippen MR) is 98.4 cm³/mol. The molecule has 0 heterocycles. The summed E-state index contributed by atoms with van der Waals surface area (Å²) in [5.41, 5.74) is 3.80. The highest BCUT2D eigenvalue weighted by Crippen LogP contribution is 2.36. The fraction of sp³-hybridized carbons (Fsp3) is 0.350. The number of Topliss-reactive ketones (excluding diaryl/α,β-unsaturated/α-hetero) is 1. The number of rotatable bonds is 5. The number of hydrogen-bond donors (Lipinski definition) is 0. The fourth-order valence-electron chi connectivity index (χ4n) is 3.35. The monoisotopic (exact) mass is 362 g/mol. The molecular formula is C20H20Cl2O2. The van der Waals surface area contributed by atoms with Gasteiger partial charge in [-0.25, -0.2) is 0 Å². The fourth-order valence-corrected chi connectivity index (χ4v) is 3.85. The molecule has 126 valence electrons. The van der Waals surface area contributed by atoms with Gasteiger partial charge in [0.05, 0.1) is 0 Å². The van der Waals surface area contributed by atoms with Crippen molar-refractivity contribution in [3.05, 3.63) is 62.6 Å². The first-order valence-corrected chi connectivity index (χ1v) is 9.00. The molecule has 0 spiro atoms. The maximum atomic E-state index is 12.4. The van der Waals surface area contributed by atoms with Crippen LogP contribution in [0.25, 0.3) is 0 Å². The molecule has 3 rings (SSSR count). The minimum absolute atomic E-state index is 0.122. The number of halogens is 2. The molecule has 0 saturated heterocycles. The van der Waals surface area contributed by atoms with Crippen LogP contribution in [0.15, 0.2) is 30.3 Å². The molecule has 0 aromatic heterocycles. The van der Waals surface area contributed by atoms with Crippen molar-refractivity contribution in [2.45, 2.75) is 39.7 Å². The first-order valence-electron chi connectivity index (χ1n) is 8.25. The lowest BCUT2D eigenvalue weighted by Gasteiger charge is -2.13. The van der Waals surface area contributed by atoms with E-state index >= 15 is 0 Å². The SMILES string of the molecule is CCCC1Cc2c(ccc(OCc3c(Cl)cccc3Cl)c2C)C1=O. The number of ketones is 1. The summed E-state index contributed by atoms with van der Waals surface area (Å²) in [5.74, 6) is 1.18. The number of carbonyl (C=O) groups excluding carboxylic acids is 1. The highest BCUT2D eigenvalue weighted by Gasteiger charge is 2.31. The quantitative estimate of drug-likeness (QED) is 0.648. The summed E-state index contributed by atoms with van der Waals surface area (Å²) in [4.78, 5) is 12.4. The Balaban J connectivity index is 1.82. The van der Waals surface area contributed by atoms with Gasteiger partial charge in [0.2, 0.25) is 0 Å². The second-order valence-electron chi connectivity index (χ2n) is 6.26. The predicted octanol–water partition coefficient (Wildman–Crippen LogP) is 6.04. The molecule has 0 radical (unpaired) electrons. The van der Waals surface area contributed by atoms with Crippen LogP contribution in [0.2, 0.25) is 10.0 Å². The van der Waals surface area contributed by atoms with Crippen molar-refractivity contribution in [2.24, 2.45) is 5.92 Å². The van der Waals surface area contributed by atoms with Crippen LogP contribution in [-0.2, 0) is 13.0 Å². The Labute approximate surface area is 152 Å². The van der Waals surface area contributed by atoms with Crippen molar-refractivity contribution in [3.8, 4) is 5.75 Å². The van der Waals surface area contributed by atoms with E-state index in [1.807, 2.05) is 25.1 Å². The minimum atomic E-state index is 0.122. The van der Waals surface area contributed by atoms with Crippen LogP contribution in [0.5, 0.6) is 5.75 Å². The van der Waals surface area contributed by atoms with Gasteiger partial charge in [-0.15, -0.1) is 0 Å². The Morgan fingerprint density at radius 2 is 1.88 bits per heavy atom. The summed E-state index contributed by atoms with van der Waals surface area (Å²) in [7, 11) is 0. The molecule has 0 N–H and O–H groups in total. The smallest absolute Gasteiger partial charge is 0.166 e. The first kappa shape index (κ1) is 17.3. The molecule has 1 atom stereocenters. The molecule has 1 unspecified atom stereocenters. The van der Waals surface area contributed by atoms with E-state index in [-0.39, 0.29) is 11.7 Å². The molecule has 0 bridgehead atoms. The lowest BCUT2D eigenvalue weighted by atomic mass is 9.99. The molecule has 1 aliphatic carbocycles. The van der Waals surface area contributed by atoms with Gasteiger partial charge in [0.25, 0.3) is 0 Å². The average molecular weight is 363 g/mol. The molecule has 0 fully saturated rings. The van der Waals surface area contributed by atoms with Crippen LogP contribution in [0.4, 0.5) is 0 Å². The standard InChI is InChI=1S/C20H20Cl2O2/c1-3-5-13-10-15-12(2)19(9-8-14(15)20(13)23)24-11-16-17(21)6-4-7-18(16)22/h4,6-9,13H,3,5,10-11H2,1-2H3. The molecule has 0 saturated carbocycles. The normalized spacial score (nSPS) is 16.3. The van der Waals surface area contributed by atoms with Gasteiger partial charge in [-0.05, 0) is 55.2 Å². The van der Waals surface area contributed by atoms with Crippen LogP contribution in [0, 0.1) is 12.8 Å². The van der Waals surface area contributed by atoms with Gasteiger partial charge in [-0.1, -0.05) is 42.6 Å². The molecule has 0 amide bonds. The van der Waals surface area contributed by atoms with E-state index in [4.69, 9.17) is 27.9 Å². The number of fused-ring (bicyclic) bond motifs is 1. The van der Waals surface area contributed by atoms with Crippen molar-refractivity contribution in [2.75, 3.05) is 0 Å². The molecule has 24 heavy (non-hydrogen) atoms. The lowest BCUT2D eigenvalue weighted by Crippen LogP contribution is -2.07. The summed E-state index contributed by atoms with van der Waals surface area (Å²) in [5, 5.41) is 1.19. The Morgan fingerprint density at radius 3 is 2.54 bits per heavy atom. The van der Waals surface area contributed by atoms with Gasteiger partial charge in [-0.3, -0.25) is 4.79 Å². The minimum Gasteiger partial charge on any atom is -0.489 e. The van der Waals surface area contributed by atoms with Crippen LogP contribution >= 0.6 is 23.2 Å². The van der Waals surface area contributed by atoms with E-state index in [0.717, 1.165) is 47.3 Å². The van der Waals surface area contributed by atoms with E-state index in [1.165, 1.54) is 0 Å². The zero-order chi connectivity index (χ0) is 17.3. The van der Waals surface area contributed by atoms with E-state index in [1.54, 1.807) is 12.1 Å². The van der Waals surface area contributed by atoms with Crippen LogP contribution < -0.4 is 4.74 Å². The zero-order valence-electron chi connectivity index (χ0n) is 13.9. The number of carbonyl (C=O) groups is 1. The molecule has 1 aliphatic rings. The summed E-state index contributed by atoms with van der Waals surface area (Å²) in [6.45, 7) is 4.44. The molecular weight excluding hydrogens is 343 g/mol. The maximum Gasteiger partial charge on any atom is 0.166 e. The lowest BCUT2D eigenvalue weighted by molar-refractivity contribution is 0.0930. The second kappa shape index (κ2) is 7.16. The van der Waals surface area contributed by atoms with Crippen molar-refractivity contribution in [1.29, 1.82) is 0 Å². The van der Waals surface area contributed by atoms with Gasteiger partial charge < -0.3 is 4.74 Å². The first-order chi connectivity index (χ1) is 11.5. The average Bonchev–Trinajstić information content (AvgIpc) is 2.87. The van der Waals surface area contributed by atoms with Crippen LogP contribution in [-0.4, -0.2) is 5.78 Å². The van der Waals surface area contributed by atoms with Gasteiger partial charge in [0, 0.05) is 27.1 Å². The number of benzene rings is 2. The van der Waals surface area contributed by atoms with E-state index in [0.29, 0.717) is 16.7 Å². The summed E-state index contributed by atoms with van der Waals surface area (Å²) in [6, 6.07) is 9.19. The van der Waals surface area contributed by atoms with Gasteiger partial charge >= 0.3 is 0 Å². The van der Waals surface area contributed by atoms with Gasteiger partial charge in [-0.2, -0.15) is 0 Å². The summed E-state index contributed by atoms with van der Waals surface area (Å²) >= 11 is 12.4. The Bertz CT molecular complexity index is 763. The number of hydrogen-bond acceptors (Lipinski definition) is 2. The zero-order valence-corrected chi connectivity index (χ0v) is 15.4.